The van der Waals surface area contributed by atoms with Gasteiger partial charge in [0, 0.05) is 12.7 Å². The minimum atomic E-state index is -0.388. The first-order valence-corrected chi connectivity index (χ1v) is 6.42. The standard InChI is InChI=1S/C15H15N3O2/c1-10-7-11(8-16)4-5-12(10)9-18-14-13(20-15(18)19)3-2-6-17-14/h2-7H,8-9,16H2,1H3. The number of aryl methyl sites for hydroxylation is 1. The molecule has 0 amide bonds. The highest BCUT2D eigenvalue weighted by Crippen LogP contribution is 2.15. The zero-order valence-corrected chi connectivity index (χ0v) is 11.2. The van der Waals surface area contributed by atoms with Gasteiger partial charge >= 0.3 is 5.76 Å². The number of rotatable bonds is 3. The SMILES string of the molecule is Cc1cc(CN)ccc1Cn1c(=O)oc2cccnc21. The third-order valence-corrected chi connectivity index (χ3v) is 3.40. The minimum Gasteiger partial charge on any atom is -0.406 e. The van der Waals surface area contributed by atoms with E-state index < -0.39 is 0 Å². The topological polar surface area (TPSA) is 74.0 Å². The molecule has 2 N–H and O–H groups in total. The summed E-state index contributed by atoms with van der Waals surface area (Å²) in [6.45, 7) is 2.96. The normalized spacial score (nSPS) is 11.1. The predicted octanol–water partition coefficient (Wildman–Crippen LogP) is 1.80. The number of hydrogen-bond donors (Lipinski definition) is 1. The molecule has 0 aliphatic rings. The quantitative estimate of drug-likeness (QED) is 0.787. The molecule has 0 saturated heterocycles. The molecule has 20 heavy (non-hydrogen) atoms. The van der Waals surface area contributed by atoms with Crippen LogP contribution >= 0.6 is 0 Å². The summed E-state index contributed by atoms with van der Waals surface area (Å²) >= 11 is 0. The summed E-state index contributed by atoms with van der Waals surface area (Å²) < 4.78 is 6.72. The number of nitrogens with two attached hydrogens (primary N) is 1. The largest absolute Gasteiger partial charge is 0.421 e. The molecule has 0 atom stereocenters. The van der Waals surface area contributed by atoms with E-state index in [1.165, 1.54) is 0 Å². The number of aromatic nitrogens is 2. The number of pyridine rings is 1. The van der Waals surface area contributed by atoms with Crippen molar-refractivity contribution < 1.29 is 4.42 Å². The molecule has 0 spiro atoms. The maximum atomic E-state index is 11.9. The molecule has 0 bridgehead atoms. The second-order valence-corrected chi connectivity index (χ2v) is 4.74. The van der Waals surface area contributed by atoms with Crippen molar-refractivity contribution in [3.05, 3.63) is 63.8 Å². The smallest absolute Gasteiger partial charge is 0.406 e. The van der Waals surface area contributed by atoms with Gasteiger partial charge in [0.15, 0.2) is 11.2 Å². The molecule has 5 heteroatoms. The van der Waals surface area contributed by atoms with Crippen LogP contribution in [0.4, 0.5) is 0 Å². The van der Waals surface area contributed by atoms with E-state index in [0.29, 0.717) is 24.3 Å². The summed E-state index contributed by atoms with van der Waals surface area (Å²) in [6, 6.07) is 9.49. The first kappa shape index (κ1) is 12.6. The maximum Gasteiger partial charge on any atom is 0.421 e. The summed E-state index contributed by atoms with van der Waals surface area (Å²) in [5, 5.41) is 0. The molecule has 3 rings (SSSR count). The second-order valence-electron chi connectivity index (χ2n) is 4.74. The maximum absolute atomic E-state index is 11.9. The molecule has 2 heterocycles. The van der Waals surface area contributed by atoms with Gasteiger partial charge in [-0.2, -0.15) is 0 Å². The van der Waals surface area contributed by atoms with E-state index in [0.717, 1.165) is 16.7 Å². The lowest BCUT2D eigenvalue weighted by Gasteiger charge is -2.08. The number of nitrogens with zero attached hydrogens (tertiary/aromatic N) is 2. The molecule has 2 aromatic heterocycles. The van der Waals surface area contributed by atoms with Crippen LogP contribution in [-0.4, -0.2) is 9.55 Å². The van der Waals surface area contributed by atoms with Crippen molar-refractivity contribution in [3.8, 4) is 0 Å². The van der Waals surface area contributed by atoms with Gasteiger partial charge in [0.1, 0.15) is 0 Å². The van der Waals surface area contributed by atoms with Gasteiger partial charge in [0.25, 0.3) is 0 Å². The lowest BCUT2D eigenvalue weighted by atomic mass is 10.1. The number of benzene rings is 1. The third-order valence-electron chi connectivity index (χ3n) is 3.40. The fourth-order valence-electron chi connectivity index (χ4n) is 2.27. The van der Waals surface area contributed by atoms with Gasteiger partial charge in [0.05, 0.1) is 6.54 Å². The fraction of sp³-hybridized carbons (Fsp3) is 0.200. The Labute approximate surface area is 115 Å². The summed E-state index contributed by atoms with van der Waals surface area (Å²) in [6.07, 6.45) is 1.65. The highest BCUT2D eigenvalue weighted by atomic mass is 16.4. The Kier molecular flexibility index (Phi) is 3.12. The van der Waals surface area contributed by atoms with Crippen molar-refractivity contribution in [1.29, 1.82) is 0 Å². The van der Waals surface area contributed by atoms with Crippen molar-refractivity contribution in [2.75, 3.05) is 0 Å². The van der Waals surface area contributed by atoms with Crippen LogP contribution in [0.15, 0.2) is 45.7 Å². The van der Waals surface area contributed by atoms with E-state index in [1.54, 1.807) is 22.9 Å². The van der Waals surface area contributed by atoms with Crippen molar-refractivity contribution in [3.63, 3.8) is 0 Å². The van der Waals surface area contributed by atoms with Crippen molar-refractivity contribution in [1.82, 2.24) is 9.55 Å². The summed E-state index contributed by atoms with van der Waals surface area (Å²) in [7, 11) is 0. The molecule has 0 aliphatic heterocycles. The molecule has 3 aromatic rings. The first-order chi connectivity index (χ1) is 9.69. The second kappa shape index (κ2) is 4.94. The predicted molar refractivity (Wildman–Crippen MR) is 76.4 cm³/mol. The Morgan fingerprint density at radius 1 is 1.35 bits per heavy atom. The lowest BCUT2D eigenvalue weighted by molar-refractivity contribution is 0.517. The van der Waals surface area contributed by atoms with Crippen LogP contribution in [0, 0.1) is 6.92 Å². The molecule has 0 radical (unpaired) electrons. The van der Waals surface area contributed by atoms with E-state index in [-0.39, 0.29) is 5.76 Å². The molecule has 102 valence electrons. The highest BCUT2D eigenvalue weighted by Gasteiger charge is 2.11. The molecule has 0 fully saturated rings. The summed E-state index contributed by atoms with van der Waals surface area (Å²) in [5.74, 6) is -0.388. The Morgan fingerprint density at radius 2 is 2.20 bits per heavy atom. The van der Waals surface area contributed by atoms with Gasteiger partial charge in [-0.3, -0.25) is 4.57 Å². The van der Waals surface area contributed by atoms with Gasteiger partial charge in [-0.05, 0) is 35.7 Å². The third kappa shape index (κ3) is 2.12. The molecular weight excluding hydrogens is 254 g/mol. The molecule has 0 unspecified atom stereocenters. The zero-order valence-electron chi connectivity index (χ0n) is 11.2. The molecule has 1 aromatic carbocycles. The highest BCUT2D eigenvalue weighted by molar-refractivity contribution is 5.67. The van der Waals surface area contributed by atoms with Crippen LogP contribution in [0.2, 0.25) is 0 Å². The van der Waals surface area contributed by atoms with Gasteiger partial charge in [-0.15, -0.1) is 0 Å². The van der Waals surface area contributed by atoms with Crippen LogP contribution in [0.3, 0.4) is 0 Å². The summed E-state index contributed by atoms with van der Waals surface area (Å²) in [4.78, 5) is 16.1. The number of oxazole rings is 1. The Hall–Kier alpha value is -2.40. The lowest BCUT2D eigenvalue weighted by Crippen LogP contribution is -2.16. The van der Waals surface area contributed by atoms with E-state index in [9.17, 15) is 4.79 Å². The van der Waals surface area contributed by atoms with Gasteiger partial charge in [-0.1, -0.05) is 18.2 Å². The number of hydrogen-bond acceptors (Lipinski definition) is 4. The molecule has 0 saturated carbocycles. The summed E-state index contributed by atoms with van der Waals surface area (Å²) in [5.41, 5.74) is 9.93. The monoisotopic (exact) mass is 269 g/mol. The van der Waals surface area contributed by atoms with Crippen molar-refractivity contribution in [2.24, 2.45) is 5.73 Å². The molecule has 5 nitrogen and oxygen atoms in total. The Morgan fingerprint density at radius 3 is 2.95 bits per heavy atom. The molecule has 0 aliphatic carbocycles. The van der Waals surface area contributed by atoms with Crippen LogP contribution < -0.4 is 11.5 Å². The van der Waals surface area contributed by atoms with E-state index >= 15 is 0 Å². The average Bonchev–Trinajstić information content (AvgIpc) is 2.77. The van der Waals surface area contributed by atoms with Crippen LogP contribution in [0.25, 0.3) is 11.2 Å². The Bertz CT molecular complexity index is 817. The van der Waals surface area contributed by atoms with Crippen molar-refractivity contribution >= 4 is 11.2 Å². The van der Waals surface area contributed by atoms with Crippen LogP contribution in [0.1, 0.15) is 16.7 Å². The van der Waals surface area contributed by atoms with Crippen molar-refractivity contribution in [2.45, 2.75) is 20.0 Å². The van der Waals surface area contributed by atoms with Gasteiger partial charge < -0.3 is 10.2 Å². The zero-order chi connectivity index (χ0) is 14.1. The minimum absolute atomic E-state index is 0.388. The van der Waals surface area contributed by atoms with Crippen LogP contribution in [0.5, 0.6) is 0 Å². The number of fused-ring (bicyclic) bond motifs is 1. The molecular formula is C15H15N3O2. The fourth-order valence-corrected chi connectivity index (χ4v) is 2.27. The van der Waals surface area contributed by atoms with Crippen LogP contribution in [-0.2, 0) is 13.1 Å². The van der Waals surface area contributed by atoms with Gasteiger partial charge in [0.2, 0.25) is 0 Å². The first-order valence-electron chi connectivity index (χ1n) is 6.42. The van der Waals surface area contributed by atoms with E-state index in [4.69, 9.17) is 10.2 Å². The average molecular weight is 269 g/mol. The van der Waals surface area contributed by atoms with E-state index in [1.807, 2.05) is 25.1 Å². The van der Waals surface area contributed by atoms with Gasteiger partial charge in [-0.25, -0.2) is 9.78 Å². The Balaban J connectivity index is 2.05. The van der Waals surface area contributed by atoms with E-state index in [2.05, 4.69) is 4.98 Å².